The summed E-state index contributed by atoms with van der Waals surface area (Å²) < 4.78 is 6.63. The van der Waals surface area contributed by atoms with Crippen molar-refractivity contribution in [1.29, 1.82) is 0 Å². The second-order valence-corrected chi connectivity index (χ2v) is 12.7. The monoisotopic (exact) mass is 476 g/mol. The molecule has 0 bridgehead atoms. The average molecular weight is 477 g/mol. The van der Waals surface area contributed by atoms with Crippen molar-refractivity contribution in [3.63, 3.8) is 0 Å². The number of aliphatic hydroxyl groups excluding tert-OH is 1. The molecule has 1 N–H and O–H groups in total. The number of hydrogen-bond acceptors (Lipinski definition) is 2. The lowest BCUT2D eigenvalue weighted by Crippen LogP contribution is -2.39. The Morgan fingerprint density at radius 2 is 1.21 bits per heavy atom. The Bertz CT molecular complexity index is 511. The Morgan fingerprint density at radius 3 is 1.88 bits per heavy atom. The van der Waals surface area contributed by atoms with Gasteiger partial charge in [0.25, 0.3) is 0 Å². The molecule has 6 atom stereocenters. The third-order valence-electron chi connectivity index (χ3n) is 10.5. The molecular weight excluding hydrogens is 416 g/mol. The molecule has 0 aliphatic heterocycles. The van der Waals surface area contributed by atoms with Gasteiger partial charge in [-0.2, -0.15) is 0 Å². The predicted octanol–water partition coefficient (Wildman–Crippen LogP) is 9.19. The number of rotatable bonds is 14. The third-order valence-corrected chi connectivity index (χ3v) is 10.5. The van der Waals surface area contributed by atoms with Crippen molar-refractivity contribution in [3.8, 4) is 0 Å². The SMILES string of the molecule is CCCCCC1CCC(COC2CCC(C3CCC(CCCCO)CC3CC)C(CC)C2)CC1. The Kier molecular flexibility index (Phi) is 13.3. The Labute approximate surface area is 213 Å². The van der Waals surface area contributed by atoms with Crippen LogP contribution in [-0.4, -0.2) is 24.4 Å². The zero-order valence-electron chi connectivity index (χ0n) is 23.3. The van der Waals surface area contributed by atoms with Crippen molar-refractivity contribution < 1.29 is 9.84 Å². The van der Waals surface area contributed by atoms with E-state index in [-0.39, 0.29) is 0 Å². The van der Waals surface area contributed by atoms with Gasteiger partial charge < -0.3 is 9.84 Å². The molecular formula is C32H60O2. The van der Waals surface area contributed by atoms with E-state index in [9.17, 15) is 0 Å². The Morgan fingerprint density at radius 1 is 0.618 bits per heavy atom. The average Bonchev–Trinajstić information content (AvgIpc) is 2.88. The quantitative estimate of drug-likeness (QED) is 0.253. The van der Waals surface area contributed by atoms with Crippen molar-refractivity contribution in [2.45, 2.75) is 149 Å². The van der Waals surface area contributed by atoms with Gasteiger partial charge in [-0.3, -0.25) is 0 Å². The molecule has 2 nitrogen and oxygen atoms in total. The summed E-state index contributed by atoms with van der Waals surface area (Å²) in [6, 6.07) is 0. The van der Waals surface area contributed by atoms with Crippen LogP contribution < -0.4 is 0 Å². The highest BCUT2D eigenvalue weighted by molar-refractivity contribution is 4.90. The minimum atomic E-state index is 0.371. The van der Waals surface area contributed by atoms with E-state index in [0.717, 1.165) is 54.5 Å². The maximum atomic E-state index is 9.13. The first-order chi connectivity index (χ1) is 16.7. The zero-order chi connectivity index (χ0) is 24.2. The summed E-state index contributed by atoms with van der Waals surface area (Å²) in [6.45, 7) is 8.63. The van der Waals surface area contributed by atoms with Gasteiger partial charge in [0, 0.05) is 13.2 Å². The van der Waals surface area contributed by atoms with Crippen LogP contribution in [0.1, 0.15) is 143 Å². The molecule has 0 spiro atoms. The first-order valence-corrected chi connectivity index (χ1v) is 15.9. The summed E-state index contributed by atoms with van der Waals surface area (Å²) in [7, 11) is 0. The molecule has 0 aromatic carbocycles. The molecule has 200 valence electrons. The zero-order valence-corrected chi connectivity index (χ0v) is 23.3. The third kappa shape index (κ3) is 8.79. The maximum absolute atomic E-state index is 9.13. The fourth-order valence-corrected chi connectivity index (χ4v) is 8.30. The van der Waals surface area contributed by atoms with Crippen LogP contribution in [0.3, 0.4) is 0 Å². The summed E-state index contributed by atoms with van der Waals surface area (Å²) in [5.74, 6) is 6.52. The predicted molar refractivity (Wildman–Crippen MR) is 146 cm³/mol. The second kappa shape index (κ2) is 15.9. The van der Waals surface area contributed by atoms with Crippen molar-refractivity contribution in [3.05, 3.63) is 0 Å². The maximum Gasteiger partial charge on any atom is 0.0578 e. The fourth-order valence-electron chi connectivity index (χ4n) is 8.30. The van der Waals surface area contributed by atoms with Gasteiger partial charge in [0.1, 0.15) is 0 Å². The van der Waals surface area contributed by atoms with Crippen LogP contribution in [0.25, 0.3) is 0 Å². The van der Waals surface area contributed by atoms with Crippen molar-refractivity contribution in [2.24, 2.45) is 41.4 Å². The van der Waals surface area contributed by atoms with E-state index in [4.69, 9.17) is 9.84 Å². The van der Waals surface area contributed by atoms with E-state index in [2.05, 4.69) is 20.8 Å². The fraction of sp³-hybridized carbons (Fsp3) is 1.00. The van der Waals surface area contributed by atoms with E-state index < -0.39 is 0 Å². The molecule has 6 unspecified atom stereocenters. The molecule has 3 aliphatic rings. The molecule has 0 amide bonds. The van der Waals surface area contributed by atoms with Gasteiger partial charge in [0.2, 0.25) is 0 Å². The van der Waals surface area contributed by atoms with Gasteiger partial charge in [-0.25, -0.2) is 0 Å². The number of aliphatic hydroxyl groups is 1. The van der Waals surface area contributed by atoms with E-state index in [1.807, 2.05) is 0 Å². The van der Waals surface area contributed by atoms with Gasteiger partial charge in [0.15, 0.2) is 0 Å². The summed E-state index contributed by atoms with van der Waals surface area (Å²) in [4.78, 5) is 0. The first kappa shape index (κ1) is 28.5. The molecule has 3 rings (SSSR count). The van der Waals surface area contributed by atoms with E-state index in [1.165, 1.54) is 116 Å². The molecule has 3 fully saturated rings. The van der Waals surface area contributed by atoms with E-state index >= 15 is 0 Å². The van der Waals surface area contributed by atoms with Crippen molar-refractivity contribution >= 4 is 0 Å². The first-order valence-electron chi connectivity index (χ1n) is 15.9. The summed E-state index contributed by atoms with van der Waals surface area (Å²) in [6.07, 6.45) is 26.8. The molecule has 0 heterocycles. The summed E-state index contributed by atoms with van der Waals surface area (Å²) in [5, 5.41) is 9.13. The Hall–Kier alpha value is -0.0800. The van der Waals surface area contributed by atoms with Crippen LogP contribution in [-0.2, 0) is 4.74 Å². The number of ether oxygens (including phenoxy) is 1. The minimum absolute atomic E-state index is 0.371. The molecule has 3 saturated carbocycles. The van der Waals surface area contributed by atoms with Gasteiger partial charge in [-0.15, -0.1) is 0 Å². The van der Waals surface area contributed by atoms with Crippen LogP contribution in [0.5, 0.6) is 0 Å². The summed E-state index contributed by atoms with van der Waals surface area (Å²) in [5.41, 5.74) is 0. The smallest absolute Gasteiger partial charge is 0.0578 e. The second-order valence-electron chi connectivity index (χ2n) is 12.7. The summed E-state index contributed by atoms with van der Waals surface area (Å²) >= 11 is 0. The lowest BCUT2D eigenvalue weighted by atomic mass is 9.60. The number of unbranched alkanes of at least 4 members (excludes halogenated alkanes) is 3. The van der Waals surface area contributed by atoms with Gasteiger partial charge in [0.05, 0.1) is 6.10 Å². The van der Waals surface area contributed by atoms with E-state index in [0.29, 0.717) is 12.7 Å². The minimum Gasteiger partial charge on any atom is -0.396 e. The molecule has 34 heavy (non-hydrogen) atoms. The highest BCUT2D eigenvalue weighted by atomic mass is 16.5. The molecule has 0 aromatic heterocycles. The highest BCUT2D eigenvalue weighted by Gasteiger charge is 2.40. The molecule has 0 aromatic rings. The highest BCUT2D eigenvalue weighted by Crippen LogP contribution is 2.48. The van der Waals surface area contributed by atoms with Crippen LogP contribution in [0, 0.1) is 41.4 Å². The Balaban J connectivity index is 1.39. The van der Waals surface area contributed by atoms with Gasteiger partial charge in [-0.1, -0.05) is 91.4 Å². The lowest BCUT2D eigenvalue weighted by molar-refractivity contribution is -0.0460. The molecule has 2 heteroatoms. The molecule has 0 radical (unpaired) electrons. The topological polar surface area (TPSA) is 29.5 Å². The van der Waals surface area contributed by atoms with Crippen LogP contribution in [0.15, 0.2) is 0 Å². The normalized spacial score (nSPS) is 37.1. The van der Waals surface area contributed by atoms with Crippen LogP contribution in [0.2, 0.25) is 0 Å². The van der Waals surface area contributed by atoms with Crippen LogP contribution in [0.4, 0.5) is 0 Å². The molecule has 3 aliphatic carbocycles. The van der Waals surface area contributed by atoms with Crippen LogP contribution >= 0.6 is 0 Å². The van der Waals surface area contributed by atoms with Gasteiger partial charge >= 0.3 is 0 Å². The number of hydrogen-bond donors (Lipinski definition) is 1. The largest absolute Gasteiger partial charge is 0.396 e. The molecule has 0 saturated heterocycles. The lowest BCUT2D eigenvalue weighted by Gasteiger charge is -2.46. The van der Waals surface area contributed by atoms with Crippen molar-refractivity contribution in [1.82, 2.24) is 0 Å². The van der Waals surface area contributed by atoms with Crippen molar-refractivity contribution in [2.75, 3.05) is 13.2 Å². The van der Waals surface area contributed by atoms with E-state index in [1.54, 1.807) is 0 Å². The van der Waals surface area contributed by atoms with Gasteiger partial charge in [-0.05, 0) is 92.8 Å². The standard InChI is InChI=1S/C32H60O2/c1-4-7-8-11-25-13-15-27(16-14-25)24-34-30-18-20-32(29(6-3)23-30)31-19-17-26(12-9-10-21-33)22-28(31)5-2/h25-33H,4-24H2,1-3H3.